The highest BCUT2D eigenvalue weighted by molar-refractivity contribution is 7.13. The van der Waals surface area contributed by atoms with E-state index in [9.17, 15) is 9.59 Å². The van der Waals surface area contributed by atoms with E-state index in [0.29, 0.717) is 11.3 Å². The topological polar surface area (TPSA) is 63.6 Å². The van der Waals surface area contributed by atoms with Gasteiger partial charge in [0.05, 0.1) is 12.5 Å². The first-order valence-corrected chi connectivity index (χ1v) is 5.82. The summed E-state index contributed by atoms with van der Waals surface area (Å²) >= 11 is 1.29. The lowest BCUT2D eigenvalue weighted by Gasteiger charge is -2.05. The molecule has 0 unspecified atom stereocenters. The Morgan fingerprint density at radius 3 is 2.69 bits per heavy atom. The highest BCUT2D eigenvalue weighted by Gasteiger charge is 2.12. The van der Waals surface area contributed by atoms with Crippen LogP contribution in [0.1, 0.15) is 34.8 Å². The molecule has 0 saturated heterocycles. The molecule has 1 aromatic heterocycles. The Morgan fingerprint density at radius 1 is 1.44 bits per heavy atom. The summed E-state index contributed by atoms with van der Waals surface area (Å²) in [6.07, 6.45) is 0.394. The fourth-order valence-corrected chi connectivity index (χ4v) is 2.01. The standard InChI is InChI=1S/C11H14O4S/c1-7(2)15-11(14)9-5-3-8(16-9)4-6-10(12)13/h3,5,7H,4,6H2,1-2H3,(H,12,13). The maximum absolute atomic E-state index is 11.5. The van der Waals surface area contributed by atoms with Gasteiger partial charge in [-0.1, -0.05) is 0 Å². The molecule has 5 heteroatoms. The molecule has 0 aromatic carbocycles. The van der Waals surface area contributed by atoms with Gasteiger partial charge in [-0.25, -0.2) is 4.79 Å². The van der Waals surface area contributed by atoms with Crippen LogP contribution in [0, 0.1) is 0 Å². The van der Waals surface area contributed by atoms with Crippen LogP contribution in [0.5, 0.6) is 0 Å². The van der Waals surface area contributed by atoms with Gasteiger partial charge < -0.3 is 9.84 Å². The Bertz CT molecular complexity index is 381. The van der Waals surface area contributed by atoms with Gasteiger partial charge in [-0.2, -0.15) is 0 Å². The van der Waals surface area contributed by atoms with Gasteiger partial charge in [0.1, 0.15) is 4.88 Å². The number of rotatable bonds is 5. The van der Waals surface area contributed by atoms with Gasteiger partial charge in [-0.15, -0.1) is 11.3 Å². The molecule has 0 fully saturated rings. The van der Waals surface area contributed by atoms with Crippen LogP contribution in [0.2, 0.25) is 0 Å². The predicted octanol–water partition coefficient (Wildman–Crippen LogP) is 2.33. The number of carboxylic acids is 1. The number of hydrogen-bond donors (Lipinski definition) is 1. The molecule has 0 aliphatic carbocycles. The molecule has 0 amide bonds. The van der Waals surface area contributed by atoms with Gasteiger partial charge in [0.25, 0.3) is 0 Å². The minimum absolute atomic E-state index is 0.0825. The molecule has 0 saturated carbocycles. The van der Waals surface area contributed by atoms with E-state index in [0.717, 1.165) is 4.88 Å². The van der Waals surface area contributed by atoms with Crippen molar-refractivity contribution in [1.29, 1.82) is 0 Å². The fraction of sp³-hybridized carbons (Fsp3) is 0.455. The van der Waals surface area contributed by atoms with Crippen molar-refractivity contribution in [2.45, 2.75) is 32.8 Å². The zero-order valence-corrected chi connectivity index (χ0v) is 10.0. The SMILES string of the molecule is CC(C)OC(=O)c1ccc(CCC(=O)O)s1. The monoisotopic (exact) mass is 242 g/mol. The van der Waals surface area contributed by atoms with Gasteiger partial charge in [-0.3, -0.25) is 4.79 Å². The fourth-order valence-electron chi connectivity index (χ4n) is 1.12. The molecule has 0 aliphatic rings. The number of esters is 1. The van der Waals surface area contributed by atoms with Crippen LogP contribution >= 0.6 is 11.3 Å². The Labute approximate surface area is 97.9 Å². The summed E-state index contributed by atoms with van der Waals surface area (Å²) in [6.45, 7) is 3.58. The van der Waals surface area contributed by atoms with Crippen molar-refractivity contribution < 1.29 is 19.4 Å². The third-order valence-electron chi connectivity index (χ3n) is 1.79. The van der Waals surface area contributed by atoms with Crippen LogP contribution in [-0.4, -0.2) is 23.1 Å². The molecule has 0 atom stereocenters. The maximum atomic E-state index is 11.5. The lowest BCUT2D eigenvalue weighted by molar-refractivity contribution is -0.136. The van der Waals surface area contributed by atoms with Gasteiger partial charge in [0.15, 0.2) is 0 Å². The third-order valence-corrected chi connectivity index (χ3v) is 2.92. The number of carbonyl (C=O) groups excluding carboxylic acids is 1. The quantitative estimate of drug-likeness (QED) is 0.805. The molecule has 4 nitrogen and oxygen atoms in total. The number of thiophene rings is 1. The zero-order chi connectivity index (χ0) is 12.1. The van der Waals surface area contributed by atoms with Crippen molar-refractivity contribution in [3.8, 4) is 0 Å². The summed E-state index contributed by atoms with van der Waals surface area (Å²) in [7, 11) is 0. The van der Waals surface area contributed by atoms with Gasteiger partial charge >= 0.3 is 11.9 Å². The van der Waals surface area contributed by atoms with Crippen LogP contribution < -0.4 is 0 Å². The van der Waals surface area contributed by atoms with Gasteiger partial charge in [0, 0.05) is 4.88 Å². The van der Waals surface area contributed by atoms with Crippen molar-refractivity contribution in [3.05, 3.63) is 21.9 Å². The number of hydrogen-bond acceptors (Lipinski definition) is 4. The second kappa shape index (κ2) is 5.65. The highest BCUT2D eigenvalue weighted by Crippen LogP contribution is 2.19. The zero-order valence-electron chi connectivity index (χ0n) is 9.23. The molecular formula is C11H14O4S. The van der Waals surface area contributed by atoms with Crippen LogP contribution in [0.25, 0.3) is 0 Å². The lowest BCUT2D eigenvalue weighted by Crippen LogP contribution is -2.09. The van der Waals surface area contributed by atoms with Crippen molar-refractivity contribution in [2.75, 3.05) is 0 Å². The Hall–Kier alpha value is -1.36. The van der Waals surface area contributed by atoms with E-state index in [2.05, 4.69) is 0 Å². The number of ether oxygens (including phenoxy) is 1. The molecule has 1 rings (SSSR count). The van der Waals surface area contributed by atoms with Crippen LogP contribution in [0.4, 0.5) is 0 Å². The number of carboxylic acid groups (broad SMARTS) is 1. The average molecular weight is 242 g/mol. The Balaban J connectivity index is 2.57. The lowest BCUT2D eigenvalue weighted by atomic mass is 10.3. The molecular weight excluding hydrogens is 228 g/mol. The average Bonchev–Trinajstić information content (AvgIpc) is 2.61. The minimum atomic E-state index is -0.834. The summed E-state index contributed by atoms with van der Waals surface area (Å²) in [5.74, 6) is -1.18. The number of carbonyl (C=O) groups is 2. The van der Waals surface area contributed by atoms with E-state index in [1.807, 2.05) is 0 Å². The second-order valence-corrected chi connectivity index (χ2v) is 4.78. The molecule has 1 heterocycles. The van der Waals surface area contributed by atoms with Gasteiger partial charge in [0.2, 0.25) is 0 Å². The molecule has 88 valence electrons. The van der Waals surface area contributed by atoms with Crippen LogP contribution in [0.3, 0.4) is 0 Å². The molecule has 1 aromatic rings. The van der Waals surface area contributed by atoms with Crippen LogP contribution in [0.15, 0.2) is 12.1 Å². The number of aryl methyl sites for hydroxylation is 1. The summed E-state index contributed by atoms with van der Waals surface area (Å²) in [6, 6.07) is 3.44. The molecule has 0 bridgehead atoms. The minimum Gasteiger partial charge on any atom is -0.481 e. The largest absolute Gasteiger partial charge is 0.481 e. The van der Waals surface area contributed by atoms with Gasteiger partial charge in [-0.05, 0) is 32.4 Å². The smallest absolute Gasteiger partial charge is 0.348 e. The summed E-state index contributed by atoms with van der Waals surface area (Å²) < 4.78 is 5.03. The molecule has 16 heavy (non-hydrogen) atoms. The van der Waals surface area contributed by atoms with E-state index in [4.69, 9.17) is 9.84 Å². The first-order valence-electron chi connectivity index (χ1n) is 5.00. The first-order chi connectivity index (χ1) is 7.49. The van der Waals surface area contributed by atoms with Crippen molar-refractivity contribution >= 4 is 23.3 Å². The highest BCUT2D eigenvalue weighted by atomic mass is 32.1. The third kappa shape index (κ3) is 4.02. The normalized spacial score (nSPS) is 10.4. The number of aliphatic carboxylic acids is 1. The molecule has 0 aliphatic heterocycles. The molecule has 1 N–H and O–H groups in total. The van der Waals surface area contributed by atoms with Crippen molar-refractivity contribution in [1.82, 2.24) is 0 Å². The predicted molar refractivity (Wildman–Crippen MR) is 60.8 cm³/mol. The molecule has 0 spiro atoms. The summed E-state index contributed by atoms with van der Waals surface area (Å²) in [5, 5.41) is 8.52. The van der Waals surface area contributed by atoms with E-state index >= 15 is 0 Å². The second-order valence-electron chi connectivity index (χ2n) is 3.61. The van der Waals surface area contributed by atoms with E-state index in [1.165, 1.54) is 11.3 Å². The van der Waals surface area contributed by atoms with Crippen molar-refractivity contribution in [3.63, 3.8) is 0 Å². The summed E-state index contributed by atoms with van der Waals surface area (Å²) in [4.78, 5) is 23.3. The summed E-state index contributed by atoms with van der Waals surface area (Å²) in [5.41, 5.74) is 0. The van der Waals surface area contributed by atoms with Crippen molar-refractivity contribution in [2.24, 2.45) is 0 Å². The maximum Gasteiger partial charge on any atom is 0.348 e. The van der Waals surface area contributed by atoms with E-state index < -0.39 is 5.97 Å². The Morgan fingerprint density at radius 2 is 2.12 bits per heavy atom. The molecule has 0 radical (unpaired) electrons. The Kier molecular flexibility index (Phi) is 4.49. The van der Waals surface area contributed by atoms with E-state index in [1.54, 1.807) is 26.0 Å². The van der Waals surface area contributed by atoms with E-state index in [-0.39, 0.29) is 18.5 Å². The first kappa shape index (κ1) is 12.7. The van der Waals surface area contributed by atoms with Crippen LogP contribution in [-0.2, 0) is 16.0 Å².